The van der Waals surface area contributed by atoms with Gasteiger partial charge in [-0.15, -0.1) is 0 Å². The molecule has 112 valence electrons. The number of rotatable bonds is 2. The number of benzene rings is 2. The number of nitrogens with zero attached hydrogens (tertiary/aromatic N) is 2. The summed E-state index contributed by atoms with van der Waals surface area (Å²) in [6, 6.07) is 12.0. The van der Waals surface area contributed by atoms with E-state index in [2.05, 4.69) is 25.0 Å². The summed E-state index contributed by atoms with van der Waals surface area (Å²) >= 11 is 0. The standard InChI is InChI=1S/C19H20N2O/c1-12-7-5-6-8-17(12)21-19(15(4)11-20-21)16-9-13(2)14(3)10-18(16)22/h5-11,22H,1-4H3. The molecule has 22 heavy (non-hydrogen) atoms. The summed E-state index contributed by atoms with van der Waals surface area (Å²) in [5.74, 6) is 0.293. The molecule has 3 heteroatoms. The second kappa shape index (κ2) is 5.34. The fraction of sp³-hybridized carbons (Fsp3) is 0.211. The minimum absolute atomic E-state index is 0.293. The second-order valence-electron chi connectivity index (χ2n) is 5.83. The molecule has 0 radical (unpaired) electrons. The Hall–Kier alpha value is -2.55. The van der Waals surface area contributed by atoms with Gasteiger partial charge in [0.05, 0.1) is 17.6 Å². The lowest BCUT2D eigenvalue weighted by Gasteiger charge is -2.14. The van der Waals surface area contributed by atoms with Gasteiger partial charge in [0, 0.05) is 5.56 Å². The van der Waals surface area contributed by atoms with E-state index in [-0.39, 0.29) is 0 Å². The van der Waals surface area contributed by atoms with E-state index in [1.807, 2.05) is 55.1 Å². The number of phenols is 1. The van der Waals surface area contributed by atoms with Gasteiger partial charge in [-0.2, -0.15) is 5.10 Å². The topological polar surface area (TPSA) is 38.1 Å². The molecule has 1 heterocycles. The van der Waals surface area contributed by atoms with Gasteiger partial charge in [0.2, 0.25) is 0 Å². The zero-order valence-electron chi connectivity index (χ0n) is 13.4. The van der Waals surface area contributed by atoms with E-state index in [0.717, 1.165) is 39.2 Å². The Bertz CT molecular complexity index is 847. The lowest BCUT2D eigenvalue weighted by Crippen LogP contribution is -2.02. The van der Waals surface area contributed by atoms with Gasteiger partial charge < -0.3 is 5.11 Å². The molecule has 0 aliphatic heterocycles. The predicted octanol–water partition coefficient (Wildman–Crippen LogP) is 4.48. The molecule has 2 aromatic carbocycles. The highest BCUT2D eigenvalue weighted by Crippen LogP contribution is 2.35. The Balaban J connectivity index is 2.28. The van der Waals surface area contributed by atoms with Gasteiger partial charge in [-0.25, -0.2) is 4.68 Å². The van der Waals surface area contributed by atoms with Crippen LogP contribution in [-0.2, 0) is 0 Å². The highest BCUT2D eigenvalue weighted by atomic mass is 16.3. The van der Waals surface area contributed by atoms with Crippen molar-refractivity contribution >= 4 is 0 Å². The Kier molecular flexibility index (Phi) is 3.49. The van der Waals surface area contributed by atoms with Crippen LogP contribution >= 0.6 is 0 Å². The highest BCUT2D eigenvalue weighted by molar-refractivity contribution is 5.73. The number of aromatic hydroxyl groups is 1. The van der Waals surface area contributed by atoms with Crippen molar-refractivity contribution in [3.05, 3.63) is 64.8 Å². The molecule has 0 aliphatic carbocycles. The average molecular weight is 292 g/mol. The van der Waals surface area contributed by atoms with Crippen LogP contribution in [0.25, 0.3) is 16.9 Å². The molecule has 0 unspecified atom stereocenters. The van der Waals surface area contributed by atoms with Gasteiger partial charge >= 0.3 is 0 Å². The van der Waals surface area contributed by atoms with Crippen LogP contribution in [-0.4, -0.2) is 14.9 Å². The number of phenolic OH excluding ortho intramolecular Hbond substituents is 1. The van der Waals surface area contributed by atoms with Crippen LogP contribution in [0.1, 0.15) is 22.3 Å². The zero-order valence-corrected chi connectivity index (χ0v) is 13.4. The van der Waals surface area contributed by atoms with E-state index in [1.54, 1.807) is 0 Å². The van der Waals surface area contributed by atoms with Crippen molar-refractivity contribution < 1.29 is 5.11 Å². The third kappa shape index (κ3) is 2.29. The molecule has 0 bridgehead atoms. The summed E-state index contributed by atoms with van der Waals surface area (Å²) in [5, 5.41) is 14.9. The lowest BCUT2D eigenvalue weighted by molar-refractivity contribution is 0.476. The van der Waals surface area contributed by atoms with E-state index >= 15 is 0 Å². The summed E-state index contributed by atoms with van der Waals surface area (Å²) < 4.78 is 1.91. The first-order chi connectivity index (χ1) is 10.5. The highest BCUT2D eigenvalue weighted by Gasteiger charge is 2.17. The second-order valence-corrected chi connectivity index (χ2v) is 5.83. The fourth-order valence-electron chi connectivity index (χ4n) is 2.73. The van der Waals surface area contributed by atoms with Crippen LogP contribution in [0.5, 0.6) is 5.75 Å². The monoisotopic (exact) mass is 292 g/mol. The summed E-state index contributed by atoms with van der Waals surface area (Å²) in [4.78, 5) is 0. The molecular weight excluding hydrogens is 272 g/mol. The van der Waals surface area contributed by atoms with Crippen LogP contribution in [0, 0.1) is 27.7 Å². The first-order valence-corrected chi connectivity index (χ1v) is 7.40. The largest absolute Gasteiger partial charge is 0.507 e. The van der Waals surface area contributed by atoms with Crippen molar-refractivity contribution in [2.45, 2.75) is 27.7 Å². The van der Waals surface area contributed by atoms with E-state index in [0.29, 0.717) is 5.75 Å². The van der Waals surface area contributed by atoms with Crippen molar-refractivity contribution in [3.8, 4) is 22.7 Å². The molecule has 3 nitrogen and oxygen atoms in total. The predicted molar refractivity (Wildman–Crippen MR) is 89.6 cm³/mol. The van der Waals surface area contributed by atoms with Gasteiger partial charge in [0.25, 0.3) is 0 Å². The van der Waals surface area contributed by atoms with Crippen molar-refractivity contribution in [1.82, 2.24) is 9.78 Å². The molecule has 0 spiro atoms. The smallest absolute Gasteiger partial charge is 0.125 e. The van der Waals surface area contributed by atoms with Gasteiger partial charge in [-0.05, 0) is 68.1 Å². The summed E-state index contributed by atoms with van der Waals surface area (Å²) in [6.07, 6.45) is 1.84. The van der Waals surface area contributed by atoms with Crippen molar-refractivity contribution in [1.29, 1.82) is 0 Å². The van der Waals surface area contributed by atoms with Crippen LogP contribution in [0.15, 0.2) is 42.6 Å². The number of hydrogen-bond donors (Lipinski definition) is 1. The summed E-state index contributed by atoms with van der Waals surface area (Å²) in [7, 11) is 0. The number of aryl methyl sites for hydroxylation is 4. The maximum atomic E-state index is 10.4. The Morgan fingerprint density at radius 1 is 0.864 bits per heavy atom. The minimum Gasteiger partial charge on any atom is -0.507 e. The van der Waals surface area contributed by atoms with Crippen LogP contribution in [0.3, 0.4) is 0 Å². The fourth-order valence-corrected chi connectivity index (χ4v) is 2.73. The zero-order chi connectivity index (χ0) is 15.9. The summed E-state index contributed by atoms with van der Waals surface area (Å²) in [6.45, 7) is 8.15. The summed E-state index contributed by atoms with van der Waals surface area (Å²) in [5.41, 5.74) is 7.22. The van der Waals surface area contributed by atoms with E-state index in [1.165, 1.54) is 0 Å². The van der Waals surface area contributed by atoms with E-state index in [9.17, 15) is 5.11 Å². The van der Waals surface area contributed by atoms with E-state index in [4.69, 9.17) is 0 Å². The molecule has 0 aliphatic rings. The molecule has 1 N–H and O–H groups in total. The quantitative estimate of drug-likeness (QED) is 0.756. The third-order valence-corrected chi connectivity index (χ3v) is 4.16. The number of para-hydroxylation sites is 1. The lowest BCUT2D eigenvalue weighted by atomic mass is 10.0. The Labute approximate surface area is 130 Å². The molecular formula is C19H20N2O. The van der Waals surface area contributed by atoms with Crippen molar-refractivity contribution in [2.24, 2.45) is 0 Å². The molecule has 3 rings (SSSR count). The maximum absolute atomic E-state index is 10.4. The Morgan fingerprint density at radius 3 is 2.27 bits per heavy atom. The molecule has 0 fully saturated rings. The van der Waals surface area contributed by atoms with Crippen LogP contribution in [0.4, 0.5) is 0 Å². The first kappa shape index (κ1) is 14.4. The van der Waals surface area contributed by atoms with Crippen LogP contribution in [0.2, 0.25) is 0 Å². The van der Waals surface area contributed by atoms with Gasteiger partial charge in [0.1, 0.15) is 5.75 Å². The maximum Gasteiger partial charge on any atom is 0.125 e. The molecule has 0 saturated heterocycles. The molecule has 1 aromatic heterocycles. The average Bonchev–Trinajstić information content (AvgIpc) is 2.85. The van der Waals surface area contributed by atoms with Crippen molar-refractivity contribution in [3.63, 3.8) is 0 Å². The minimum atomic E-state index is 0.293. The molecule has 0 atom stereocenters. The normalized spacial score (nSPS) is 10.9. The van der Waals surface area contributed by atoms with E-state index < -0.39 is 0 Å². The third-order valence-electron chi connectivity index (χ3n) is 4.16. The molecule has 0 amide bonds. The van der Waals surface area contributed by atoms with Crippen LogP contribution < -0.4 is 0 Å². The first-order valence-electron chi connectivity index (χ1n) is 7.40. The number of aromatic nitrogens is 2. The SMILES string of the molecule is Cc1cc(O)c(-c2c(C)cnn2-c2ccccc2C)cc1C. The Morgan fingerprint density at radius 2 is 1.55 bits per heavy atom. The van der Waals surface area contributed by atoms with Crippen molar-refractivity contribution in [2.75, 3.05) is 0 Å². The van der Waals surface area contributed by atoms with Gasteiger partial charge in [0.15, 0.2) is 0 Å². The van der Waals surface area contributed by atoms with Gasteiger partial charge in [-0.3, -0.25) is 0 Å². The van der Waals surface area contributed by atoms with Gasteiger partial charge in [-0.1, -0.05) is 18.2 Å². The molecule has 3 aromatic rings. The molecule has 0 saturated carbocycles. The number of hydrogen-bond acceptors (Lipinski definition) is 2.